The fraction of sp³-hybridized carbons (Fsp3) is 0.320. The number of nitrogens with zero attached hydrogens (tertiary/aromatic N) is 4. The first-order chi connectivity index (χ1) is 15.0. The Labute approximate surface area is 182 Å². The van der Waals surface area contributed by atoms with Gasteiger partial charge in [0.2, 0.25) is 11.8 Å². The van der Waals surface area contributed by atoms with Crippen molar-refractivity contribution in [2.45, 2.75) is 38.8 Å². The van der Waals surface area contributed by atoms with E-state index in [0.717, 1.165) is 22.5 Å². The highest BCUT2D eigenvalue weighted by Gasteiger charge is 2.34. The highest BCUT2D eigenvalue weighted by atomic mass is 16.2. The molecule has 4 rings (SSSR count). The molecule has 1 aliphatic heterocycles. The first kappa shape index (κ1) is 20.8. The van der Waals surface area contributed by atoms with Crippen molar-refractivity contribution in [3.05, 3.63) is 73.1 Å². The molecule has 0 radical (unpaired) electrons. The van der Waals surface area contributed by atoms with Crippen molar-refractivity contribution in [2.75, 3.05) is 18.0 Å². The van der Waals surface area contributed by atoms with E-state index < -0.39 is 0 Å². The summed E-state index contributed by atoms with van der Waals surface area (Å²) < 4.78 is 1.99. The van der Waals surface area contributed by atoms with E-state index in [2.05, 4.69) is 6.58 Å². The lowest BCUT2D eigenvalue weighted by Crippen LogP contribution is -2.39. The summed E-state index contributed by atoms with van der Waals surface area (Å²) in [6.45, 7) is 9.08. The number of hydrogen-bond acceptors (Lipinski definition) is 3. The molecule has 160 valence electrons. The highest BCUT2D eigenvalue weighted by molar-refractivity contribution is 5.94. The van der Waals surface area contributed by atoms with Gasteiger partial charge in [-0.15, -0.1) is 6.58 Å². The van der Waals surface area contributed by atoms with Gasteiger partial charge in [0.1, 0.15) is 12.4 Å². The minimum Gasteiger partial charge on any atom is -0.338 e. The smallest absolute Gasteiger partial charge is 0.247 e. The van der Waals surface area contributed by atoms with Crippen molar-refractivity contribution in [1.29, 1.82) is 0 Å². The monoisotopic (exact) mass is 416 g/mol. The van der Waals surface area contributed by atoms with Crippen LogP contribution in [0.2, 0.25) is 0 Å². The van der Waals surface area contributed by atoms with E-state index in [0.29, 0.717) is 19.5 Å². The van der Waals surface area contributed by atoms with Crippen LogP contribution in [0.15, 0.2) is 67.3 Å². The maximum absolute atomic E-state index is 13.5. The Bertz CT molecular complexity index is 1100. The zero-order valence-corrected chi connectivity index (χ0v) is 18.1. The maximum atomic E-state index is 13.5. The molecule has 2 aromatic carbocycles. The van der Waals surface area contributed by atoms with E-state index in [4.69, 9.17) is 4.98 Å². The van der Waals surface area contributed by atoms with Crippen molar-refractivity contribution in [1.82, 2.24) is 14.5 Å². The van der Waals surface area contributed by atoms with Gasteiger partial charge in [0.15, 0.2) is 0 Å². The second kappa shape index (κ2) is 8.76. The van der Waals surface area contributed by atoms with Gasteiger partial charge in [-0.05, 0) is 38.1 Å². The van der Waals surface area contributed by atoms with E-state index in [1.54, 1.807) is 11.0 Å². The normalized spacial score (nSPS) is 16.3. The first-order valence-electron chi connectivity index (χ1n) is 10.7. The van der Waals surface area contributed by atoms with Crippen LogP contribution < -0.4 is 4.90 Å². The molecule has 1 aliphatic rings. The number of amides is 2. The maximum Gasteiger partial charge on any atom is 0.247 e. The van der Waals surface area contributed by atoms with Gasteiger partial charge < -0.3 is 14.4 Å². The van der Waals surface area contributed by atoms with Crippen LogP contribution in [0, 0.1) is 0 Å². The predicted molar refractivity (Wildman–Crippen MR) is 123 cm³/mol. The van der Waals surface area contributed by atoms with Gasteiger partial charge in [-0.25, -0.2) is 4.98 Å². The summed E-state index contributed by atoms with van der Waals surface area (Å²) in [4.78, 5) is 34.4. The quantitative estimate of drug-likeness (QED) is 0.548. The van der Waals surface area contributed by atoms with Crippen LogP contribution in [0.25, 0.3) is 11.0 Å². The molecule has 2 amide bonds. The number of aromatic nitrogens is 2. The lowest BCUT2D eigenvalue weighted by atomic mass is 10.1. The highest BCUT2D eigenvalue weighted by Crippen LogP contribution is 2.31. The van der Waals surface area contributed by atoms with Crippen LogP contribution in [-0.4, -0.2) is 45.4 Å². The lowest BCUT2D eigenvalue weighted by Gasteiger charge is -2.27. The molecule has 0 saturated carbocycles. The predicted octanol–water partition coefficient (Wildman–Crippen LogP) is 3.98. The summed E-state index contributed by atoms with van der Waals surface area (Å²) in [7, 11) is 0. The number of hydrogen-bond donors (Lipinski definition) is 0. The zero-order valence-electron chi connectivity index (χ0n) is 18.1. The standard InChI is InChI=1S/C25H28N4O2/c1-4-14-27-16-19(15-23(27)30)25-26-21-12-8-9-13-22(21)28(25)17-24(31)29(18(2)3)20-10-6-5-7-11-20/h4-13,18-19H,1,14-17H2,2-3H3/t19-/m1/s1. The van der Waals surface area contributed by atoms with Crippen molar-refractivity contribution in [2.24, 2.45) is 0 Å². The number of rotatable bonds is 7. The second-order valence-corrected chi connectivity index (χ2v) is 8.23. The minimum absolute atomic E-state index is 0.00197. The molecule has 0 N–H and O–H groups in total. The van der Waals surface area contributed by atoms with E-state index in [-0.39, 0.29) is 30.3 Å². The van der Waals surface area contributed by atoms with Crippen LogP contribution in [0.1, 0.15) is 32.0 Å². The van der Waals surface area contributed by atoms with E-state index in [9.17, 15) is 9.59 Å². The Kier molecular flexibility index (Phi) is 5.89. The Morgan fingerprint density at radius 3 is 2.61 bits per heavy atom. The van der Waals surface area contributed by atoms with Crippen molar-refractivity contribution >= 4 is 28.5 Å². The lowest BCUT2D eigenvalue weighted by molar-refractivity contribution is -0.127. The molecular weight excluding hydrogens is 388 g/mol. The molecule has 3 aromatic rings. The van der Waals surface area contributed by atoms with E-state index >= 15 is 0 Å². The summed E-state index contributed by atoms with van der Waals surface area (Å²) in [5.41, 5.74) is 2.63. The summed E-state index contributed by atoms with van der Waals surface area (Å²) in [6, 6.07) is 17.6. The van der Waals surface area contributed by atoms with Gasteiger partial charge in [0.25, 0.3) is 0 Å². The molecule has 6 heteroatoms. The molecular formula is C25H28N4O2. The second-order valence-electron chi connectivity index (χ2n) is 8.23. The summed E-state index contributed by atoms with van der Waals surface area (Å²) in [6.07, 6.45) is 2.14. The number of benzene rings is 2. The SMILES string of the molecule is C=CCN1C[C@H](c2nc3ccccc3n2CC(=O)N(c2ccccc2)C(C)C)CC1=O. The van der Waals surface area contributed by atoms with Gasteiger partial charge in [0, 0.05) is 37.2 Å². The number of fused-ring (bicyclic) bond motifs is 1. The molecule has 1 saturated heterocycles. The van der Waals surface area contributed by atoms with Crippen LogP contribution in [-0.2, 0) is 16.1 Å². The third-order valence-electron chi connectivity index (χ3n) is 5.73. The van der Waals surface area contributed by atoms with E-state index in [1.165, 1.54) is 0 Å². The summed E-state index contributed by atoms with van der Waals surface area (Å²) >= 11 is 0. The zero-order chi connectivity index (χ0) is 22.0. The van der Waals surface area contributed by atoms with Crippen LogP contribution in [0.5, 0.6) is 0 Å². The molecule has 0 spiro atoms. The number of carbonyl (C=O) groups is 2. The number of anilines is 1. The number of imidazole rings is 1. The molecule has 1 atom stereocenters. The average Bonchev–Trinajstić information content (AvgIpc) is 3.30. The van der Waals surface area contributed by atoms with Gasteiger partial charge >= 0.3 is 0 Å². The van der Waals surface area contributed by atoms with Crippen LogP contribution in [0.3, 0.4) is 0 Å². The summed E-state index contributed by atoms with van der Waals surface area (Å²) in [5.74, 6) is 0.851. The number of para-hydroxylation sites is 3. The van der Waals surface area contributed by atoms with Gasteiger partial charge in [-0.2, -0.15) is 0 Å². The van der Waals surface area contributed by atoms with Crippen molar-refractivity contribution in [3.8, 4) is 0 Å². The molecule has 0 bridgehead atoms. The van der Waals surface area contributed by atoms with Crippen molar-refractivity contribution in [3.63, 3.8) is 0 Å². The number of likely N-dealkylation sites (tertiary alicyclic amines) is 1. The fourth-order valence-corrected chi connectivity index (χ4v) is 4.38. The largest absolute Gasteiger partial charge is 0.338 e. The number of carbonyl (C=O) groups excluding carboxylic acids is 2. The molecule has 6 nitrogen and oxygen atoms in total. The molecule has 31 heavy (non-hydrogen) atoms. The topological polar surface area (TPSA) is 58.4 Å². The van der Waals surface area contributed by atoms with Crippen LogP contribution in [0.4, 0.5) is 5.69 Å². The Morgan fingerprint density at radius 2 is 1.90 bits per heavy atom. The Hall–Kier alpha value is -3.41. The average molecular weight is 417 g/mol. The van der Waals surface area contributed by atoms with E-state index in [1.807, 2.05) is 77.9 Å². The van der Waals surface area contributed by atoms with Gasteiger partial charge in [-0.3, -0.25) is 9.59 Å². The molecule has 2 heterocycles. The Balaban J connectivity index is 1.70. The third kappa shape index (κ3) is 4.10. The van der Waals surface area contributed by atoms with Gasteiger partial charge in [-0.1, -0.05) is 36.4 Å². The minimum atomic E-state index is -0.0446. The molecule has 0 aliphatic carbocycles. The van der Waals surface area contributed by atoms with Crippen molar-refractivity contribution < 1.29 is 9.59 Å². The Morgan fingerprint density at radius 1 is 1.19 bits per heavy atom. The summed E-state index contributed by atoms with van der Waals surface area (Å²) in [5, 5.41) is 0. The molecule has 1 fully saturated rings. The third-order valence-corrected chi connectivity index (χ3v) is 5.73. The fourth-order valence-electron chi connectivity index (χ4n) is 4.38. The van der Waals surface area contributed by atoms with Gasteiger partial charge in [0.05, 0.1) is 11.0 Å². The first-order valence-corrected chi connectivity index (χ1v) is 10.7. The molecule has 1 aromatic heterocycles. The van der Waals surface area contributed by atoms with Crippen LogP contribution >= 0.6 is 0 Å². The molecule has 0 unspecified atom stereocenters.